The monoisotopic (exact) mass is 278 g/mol. The lowest BCUT2D eigenvalue weighted by atomic mass is 9.90. The van der Waals surface area contributed by atoms with E-state index in [0.717, 1.165) is 17.2 Å². The number of hydrogen-bond acceptors (Lipinski definition) is 0. The largest absolute Gasteiger partial charge is 0.0809 e. The summed E-state index contributed by atoms with van der Waals surface area (Å²) in [4.78, 5) is 0. The molecule has 0 aliphatic heterocycles. The van der Waals surface area contributed by atoms with Gasteiger partial charge < -0.3 is 0 Å². The van der Waals surface area contributed by atoms with E-state index in [2.05, 4.69) is 11.9 Å². The Morgan fingerprint density at radius 1 is 0.579 bits per heavy atom. The number of hydrogen-bond donors (Lipinski definition) is 0. The van der Waals surface area contributed by atoms with Gasteiger partial charge in [0.05, 0.1) is 0 Å². The lowest BCUT2D eigenvalue weighted by molar-refractivity contribution is 0.419. The molecule has 0 unspecified atom stereocenters. The van der Waals surface area contributed by atoms with Gasteiger partial charge in [0.15, 0.2) is 0 Å². The SMILES string of the molecule is C(=C\P(C1CCCC1)C1CCCC1)/C1CCCCC1. The second kappa shape index (κ2) is 7.26. The van der Waals surface area contributed by atoms with E-state index in [9.17, 15) is 0 Å². The molecule has 1 heteroatoms. The van der Waals surface area contributed by atoms with Crippen LogP contribution in [0.5, 0.6) is 0 Å². The van der Waals surface area contributed by atoms with Gasteiger partial charge in [-0.05, 0) is 55.8 Å². The van der Waals surface area contributed by atoms with Crippen LogP contribution in [0.1, 0.15) is 83.5 Å². The molecule has 0 aromatic rings. The molecule has 3 saturated carbocycles. The Bertz CT molecular complexity index is 262. The van der Waals surface area contributed by atoms with Crippen LogP contribution in [0.2, 0.25) is 0 Å². The minimum Gasteiger partial charge on any atom is -0.0809 e. The molecule has 3 aliphatic rings. The predicted octanol–water partition coefficient (Wildman–Crippen LogP) is 6.45. The maximum Gasteiger partial charge on any atom is -0.0172 e. The zero-order valence-electron chi connectivity index (χ0n) is 12.5. The quantitative estimate of drug-likeness (QED) is 0.518. The smallest absolute Gasteiger partial charge is 0.0172 e. The second-order valence-electron chi connectivity index (χ2n) is 7.06. The average molecular weight is 278 g/mol. The van der Waals surface area contributed by atoms with Gasteiger partial charge in [0.25, 0.3) is 0 Å². The fourth-order valence-electron chi connectivity index (χ4n) is 4.49. The standard InChI is InChI=1S/C18H31P/c1-2-8-16(9-3-1)14-15-19(17-10-4-5-11-17)18-12-6-7-13-18/h14-18H,1-13H2/b15-14+. The van der Waals surface area contributed by atoms with Crippen molar-refractivity contribution in [1.82, 2.24) is 0 Å². The fourth-order valence-corrected chi connectivity index (χ4v) is 7.94. The van der Waals surface area contributed by atoms with Gasteiger partial charge in [-0.3, -0.25) is 0 Å². The van der Waals surface area contributed by atoms with Crippen LogP contribution in [0.3, 0.4) is 0 Å². The molecule has 19 heavy (non-hydrogen) atoms. The normalized spacial score (nSPS) is 28.1. The Hall–Kier alpha value is 0.170. The summed E-state index contributed by atoms with van der Waals surface area (Å²) in [5.74, 6) is 3.72. The van der Waals surface area contributed by atoms with Gasteiger partial charge in [-0.1, -0.05) is 64.8 Å². The molecule has 108 valence electrons. The van der Waals surface area contributed by atoms with Crippen LogP contribution in [0.25, 0.3) is 0 Å². The first-order valence-electron chi connectivity index (χ1n) is 8.89. The van der Waals surface area contributed by atoms with Crippen molar-refractivity contribution in [1.29, 1.82) is 0 Å². The van der Waals surface area contributed by atoms with Crippen molar-refractivity contribution in [3.05, 3.63) is 11.9 Å². The van der Waals surface area contributed by atoms with Crippen molar-refractivity contribution in [2.75, 3.05) is 0 Å². The molecule has 0 amide bonds. The summed E-state index contributed by atoms with van der Waals surface area (Å²) < 4.78 is 0. The molecule has 0 heterocycles. The molecule has 0 aromatic carbocycles. The molecule has 3 fully saturated rings. The molecule has 0 aromatic heterocycles. The van der Waals surface area contributed by atoms with E-state index in [1.807, 2.05) is 0 Å². The van der Waals surface area contributed by atoms with Crippen LogP contribution in [-0.4, -0.2) is 11.3 Å². The minimum atomic E-state index is 0.232. The third-order valence-corrected chi connectivity index (χ3v) is 8.91. The Morgan fingerprint density at radius 2 is 1.05 bits per heavy atom. The summed E-state index contributed by atoms with van der Waals surface area (Å²) in [6, 6.07) is 0. The zero-order valence-corrected chi connectivity index (χ0v) is 13.4. The van der Waals surface area contributed by atoms with Crippen molar-refractivity contribution in [3.8, 4) is 0 Å². The summed E-state index contributed by atoms with van der Waals surface area (Å²) in [5.41, 5.74) is 2.22. The Kier molecular flexibility index (Phi) is 5.39. The van der Waals surface area contributed by atoms with Crippen molar-refractivity contribution < 1.29 is 0 Å². The van der Waals surface area contributed by atoms with Crippen LogP contribution in [-0.2, 0) is 0 Å². The first-order chi connectivity index (χ1) is 9.43. The van der Waals surface area contributed by atoms with Crippen molar-refractivity contribution in [3.63, 3.8) is 0 Å². The van der Waals surface area contributed by atoms with E-state index >= 15 is 0 Å². The first kappa shape index (κ1) is 14.1. The maximum atomic E-state index is 2.78. The Labute approximate surface area is 121 Å². The highest BCUT2D eigenvalue weighted by molar-refractivity contribution is 7.62. The fraction of sp³-hybridized carbons (Fsp3) is 0.889. The van der Waals surface area contributed by atoms with Gasteiger partial charge in [0, 0.05) is 0 Å². The van der Waals surface area contributed by atoms with Gasteiger partial charge in [-0.15, -0.1) is 0 Å². The summed E-state index contributed by atoms with van der Waals surface area (Å²) >= 11 is 0. The summed E-state index contributed by atoms with van der Waals surface area (Å²) in [6.07, 6.45) is 22.4. The lowest BCUT2D eigenvalue weighted by Gasteiger charge is -2.28. The van der Waals surface area contributed by atoms with Gasteiger partial charge in [0.2, 0.25) is 0 Å². The van der Waals surface area contributed by atoms with E-state index < -0.39 is 0 Å². The molecule has 3 aliphatic carbocycles. The van der Waals surface area contributed by atoms with Crippen molar-refractivity contribution in [2.45, 2.75) is 94.8 Å². The summed E-state index contributed by atoms with van der Waals surface area (Å²) in [5, 5.41) is 0. The Morgan fingerprint density at radius 3 is 1.58 bits per heavy atom. The van der Waals surface area contributed by atoms with E-state index in [1.165, 1.54) is 57.8 Å². The molecule has 0 radical (unpaired) electrons. The van der Waals surface area contributed by atoms with Crippen LogP contribution in [0, 0.1) is 5.92 Å². The van der Waals surface area contributed by atoms with Crippen molar-refractivity contribution in [2.24, 2.45) is 5.92 Å². The molecular formula is C18H31P. The molecule has 0 nitrogen and oxygen atoms in total. The highest BCUT2D eigenvalue weighted by Gasteiger charge is 2.31. The molecule has 3 rings (SSSR count). The van der Waals surface area contributed by atoms with Crippen LogP contribution in [0.15, 0.2) is 11.9 Å². The lowest BCUT2D eigenvalue weighted by Crippen LogP contribution is -2.09. The molecule has 0 atom stereocenters. The van der Waals surface area contributed by atoms with E-state index in [0.29, 0.717) is 0 Å². The molecule has 0 saturated heterocycles. The molecule has 0 spiro atoms. The van der Waals surface area contributed by atoms with E-state index in [4.69, 9.17) is 0 Å². The van der Waals surface area contributed by atoms with Crippen molar-refractivity contribution >= 4 is 7.92 Å². The first-order valence-corrected chi connectivity index (χ1v) is 10.4. The molecular weight excluding hydrogens is 247 g/mol. The van der Waals surface area contributed by atoms with E-state index in [-0.39, 0.29) is 7.92 Å². The van der Waals surface area contributed by atoms with Crippen LogP contribution >= 0.6 is 7.92 Å². The predicted molar refractivity (Wildman–Crippen MR) is 87.1 cm³/mol. The Balaban J connectivity index is 1.61. The van der Waals surface area contributed by atoms with Gasteiger partial charge >= 0.3 is 0 Å². The van der Waals surface area contributed by atoms with Gasteiger partial charge in [-0.25, -0.2) is 0 Å². The second-order valence-corrected chi connectivity index (χ2v) is 9.72. The molecule has 0 N–H and O–H groups in total. The highest BCUT2D eigenvalue weighted by atomic mass is 31.1. The zero-order chi connectivity index (χ0) is 12.9. The third-order valence-electron chi connectivity index (χ3n) is 5.67. The molecule has 0 bridgehead atoms. The highest BCUT2D eigenvalue weighted by Crippen LogP contribution is 2.58. The number of rotatable bonds is 4. The topological polar surface area (TPSA) is 0 Å². The maximum absolute atomic E-state index is 2.78. The number of allylic oxidation sites excluding steroid dienone is 1. The summed E-state index contributed by atoms with van der Waals surface area (Å²) in [6.45, 7) is 0. The van der Waals surface area contributed by atoms with Gasteiger partial charge in [-0.2, -0.15) is 0 Å². The average Bonchev–Trinajstić information content (AvgIpc) is 3.13. The minimum absolute atomic E-state index is 0.232. The van der Waals surface area contributed by atoms with Crippen LogP contribution in [0.4, 0.5) is 0 Å². The third kappa shape index (κ3) is 3.84. The van der Waals surface area contributed by atoms with Crippen LogP contribution < -0.4 is 0 Å². The van der Waals surface area contributed by atoms with Gasteiger partial charge in [0.1, 0.15) is 0 Å². The summed E-state index contributed by atoms with van der Waals surface area (Å²) in [7, 11) is 0.232. The van der Waals surface area contributed by atoms with E-state index in [1.54, 1.807) is 25.7 Å².